The molecule has 1 amide bonds. The van der Waals surface area contributed by atoms with Crippen LogP contribution in [0, 0.1) is 6.20 Å². The van der Waals surface area contributed by atoms with Crippen molar-refractivity contribution in [2.75, 3.05) is 18.6 Å². The lowest BCUT2D eigenvalue weighted by atomic mass is 10.1. The van der Waals surface area contributed by atoms with E-state index >= 15 is 0 Å². The Morgan fingerprint density at radius 2 is 1.49 bits per heavy atom. The summed E-state index contributed by atoms with van der Waals surface area (Å²) in [6, 6.07) is 14.1. The van der Waals surface area contributed by atoms with Gasteiger partial charge in [-0.25, -0.2) is 4.90 Å². The Bertz CT molecular complexity index is 1320. The number of allylic oxidation sites excluding steroid dienone is 3. The number of nitrogens with zero attached hydrogens (tertiary/aromatic N) is 3. The summed E-state index contributed by atoms with van der Waals surface area (Å²) in [6.07, 6.45) is 27.6. The average Bonchev–Trinajstić information content (AvgIpc) is 3.45. The van der Waals surface area contributed by atoms with Crippen molar-refractivity contribution in [3.05, 3.63) is 89.9 Å². The number of ether oxygens (including phenoxy) is 2. The van der Waals surface area contributed by atoms with Crippen LogP contribution >= 0.6 is 0 Å². The summed E-state index contributed by atoms with van der Waals surface area (Å²) in [6.45, 7) is 5.01. The number of hydrogen-bond donors (Lipinski definition) is 0. The number of carbonyl (C=O) groups is 1. The van der Waals surface area contributed by atoms with Crippen LogP contribution in [0.2, 0.25) is 0 Å². The fourth-order valence-corrected chi connectivity index (χ4v) is 5.66. The number of fused-ring (bicyclic) bond motifs is 1. The van der Waals surface area contributed by atoms with E-state index in [4.69, 9.17) is 9.47 Å². The van der Waals surface area contributed by atoms with Crippen molar-refractivity contribution in [2.24, 2.45) is 4.99 Å². The third-order valence-corrected chi connectivity index (χ3v) is 8.25. The monoisotopic (exact) mass is 675 g/mol. The number of unbranched alkanes of at least 4 members (excludes halogenated alkanes) is 11. The van der Waals surface area contributed by atoms with Crippen molar-refractivity contribution in [1.82, 2.24) is 4.90 Å². The smallest absolute Gasteiger partial charge is 0.247 e. The molecule has 0 aliphatic carbocycles. The van der Waals surface area contributed by atoms with E-state index in [1.54, 1.807) is 18.9 Å². The van der Waals surface area contributed by atoms with Gasteiger partial charge in [-0.15, -0.1) is 0 Å². The first-order chi connectivity index (χ1) is 21.6. The number of amides is 1. The molecule has 6 nitrogen and oxygen atoms in total. The number of carbonyl (C=O) groups excluding carboxylic acids is 1. The van der Waals surface area contributed by atoms with E-state index in [1.165, 1.54) is 70.6 Å². The normalized spacial score (nSPS) is 13.0. The molecule has 45 heavy (non-hydrogen) atoms. The Balaban J connectivity index is 0.00000552. The van der Waals surface area contributed by atoms with E-state index in [1.807, 2.05) is 54.8 Å². The summed E-state index contributed by atoms with van der Waals surface area (Å²) >= 11 is 0. The SMILES string of the molecule is CCCCCCCCCCCCCCOc1ccc(CN(C(C)=O)c2ccc(CC3=N[C+]=C4C=CC=CN43)cc2)cc1OC.[Br-]. The van der Waals surface area contributed by atoms with Gasteiger partial charge in [-0.1, -0.05) is 101 Å². The number of rotatable bonds is 20. The second-order valence-corrected chi connectivity index (χ2v) is 11.8. The van der Waals surface area contributed by atoms with E-state index < -0.39 is 0 Å². The first-order valence-electron chi connectivity index (χ1n) is 16.6. The van der Waals surface area contributed by atoms with Crippen LogP contribution in [0.15, 0.2) is 77.6 Å². The second kappa shape index (κ2) is 19.9. The van der Waals surface area contributed by atoms with Gasteiger partial charge in [-0.2, -0.15) is 0 Å². The minimum Gasteiger partial charge on any atom is -1.00 e. The summed E-state index contributed by atoms with van der Waals surface area (Å²) in [5.74, 6) is 2.37. The van der Waals surface area contributed by atoms with Gasteiger partial charge in [0, 0.05) is 18.8 Å². The third-order valence-electron chi connectivity index (χ3n) is 8.25. The maximum atomic E-state index is 12.7. The fourth-order valence-electron chi connectivity index (χ4n) is 5.66. The minimum atomic E-state index is -0.0159. The highest BCUT2D eigenvalue weighted by Gasteiger charge is 2.28. The molecule has 0 atom stereocenters. The molecule has 2 aliphatic heterocycles. The first-order valence-corrected chi connectivity index (χ1v) is 16.6. The maximum Gasteiger partial charge on any atom is 0.247 e. The Hall–Kier alpha value is -3.41. The van der Waals surface area contributed by atoms with Crippen LogP contribution in [0.25, 0.3) is 0 Å². The number of methoxy groups -OCH3 is 1. The molecule has 2 aromatic rings. The third kappa shape index (κ3) is 11.5. The van der Waals surface area contributed by atoms with Gasteiger partial charge in [0.25, 0.3) is 0 Å². The number of benzene rings is 2. The van der Waals surface area contributed by atoms with Crippen LogP contribution in [0.3, 0.4) is 0 Å². The molecule has 0 radical (unpaired) electrons. The molecule has 242 valence electrons. The topological polar surface area (TPSA) is 54.4 Å². The molecular formula is C38H50BrN3O3. The van der Waals surface area contributed by atoms with Crippen molar-refractivity contribution in [3.63, 3.8) is 0 Å². The predicted molar refractivity (Wildman–Crippen MR) is 181 cm³/mol. The molecule has 0 saturated carbocycles. The maximum absolute atomic E-state index is 12.7. The lowest BCUT2D eigenvalue weighted by Crippen LogP contribution is -3.00. The zero-order valence-corrected chi connectivity index (χ0v) is 29.0. The van der Waals surface area contributed by atoms with E-state index in [0.717, 1.165) is 40.5 Å². The van der Waals surface area contributed by atoms with Crippen LogP contribution in [0.1, 0.15) is 102 Å². The Morgan fingerprint density at radius 3 is 2.13 bits per heavy atom. The molecule has 0 saturated heterocycles. The van der Waals surface area contributed by atoms with E-state index in [-0.39, 0.29) is 22.9 Å². The molecule has 0 spiro atoms. The summed E-state index contributed by atoms with van der Waals surface area (Å²) < 4.78 is 11.7. The van der Waals surface area contributed by atoms with Crippen LogP contribution in [-0.4, -0.2) is 30.4 Å². The summed E-state index contributed by atoms with van der Waals surface area (Å²) in [5, 5.41) is 0. The minimum absolute atomic E-state index is 0. The standard InChI is InChI=1S/C38H50N3O3.BrH/c1-4-5-6-7-8-9-10-11-12-13-14-17-26-44-36-24-21-33(27-37(36)43-3)30-41(31(2)42)34-22-19-32(20-23-34)28-38-39-29-35-18-15-16-25-40(35)38;/h15-16,18-25,27H,4-14,17,26,28,30H2,1-3H3;1H/q+1;/p-1. The Morgan fingerprint density at radius 1 is 0.844 bits per heavy atom. The van der Waals surface area contributed by atoms with Crippen LogP contribution in [-0.2, 0) is 17.8 Å². The summed E-state index contributed by atoms with van der Waals surface area (Å²) in [5.41, 5.74) is 3.92. The number of halogens is 1. The van der Waals surface area contributed by atoms with Gasteiger partial charge in [-0.05, 0) is 54.0 Å². The molecule has 0 bridgehead atoms. The molecule has 0 unspecified atom stereocenters. The number of hydrogen-bond acceptors (Lipinski definition) is 5. The van der Waals surface area contributed by atoms with Crippen molar-refractivity contribution < 1.29 is 31.2 Å². The lowest BCUT2D eigenvalue weighted by Gasteiger charge is -2.22. The van der Waals surface area contributed by atoms with Crippen LogP contribution < -0.4 is 31.4 Å². The van der Waals surface area contributed by atoms with Crippen molar-refractivity contribution >= 4 is 17.4 Å². The van der Waals surface area contributed by atoms with Crippen molar-refractivity contribution in [3.8, 4) is 11.5 Å². The van der Waals surface area contributed by atoms with Crippen molar-refractivity contribution in [2.45, 2.75) is 104 Å². The van der Waals surface area contributed by atoms with E-state index in [9.17, 15) is 4.79 Å². The zero-order valence-electron chi connectivity index (χ0n) is 27.4. The molecule has 2 aromatic carbocycles. The van der Waals surface area contributed by atoms with Crippen molar-refractivity contribution in [1.29, 1.82) is 0 Å². The highest BCUT2D eigenvalue weighted by atomic mass is 79.9. The number of amidine groups is 1. The average molecular weight is 677 g/mol. The Kier molecular flexibility index (Phi) is 15.9. The largest absolute Gasteiger partial charge is 1.00 e. The lowest BCUT2D eigenvalue weighted by molar-refractivity contribution is -0.116. The Labute approximate surface area is 281 Å². The van der Waals surface area contributed by atoms with Gasteiger partial charge in [-0.3, -0.25) is 4.79 Å². The first kappa shape index (κ1) is 36.1. The number of aliphatic imine (C=N–C) groups is 1. The molecule has 2 heterocycles. The molecule has 4 rings (SSSR count). The summed E-state index contributed by atoms with van der Waals surface area (Å²) in [4.78, 5) is 21.0. The molecule has 7 heteroatoms. The predicted octanol–water partition coefficient (Wildman–Crippen LogP) is 6.32. The van der Waals surface area contributed by atoms with E-state index in [2.05, 4.69) is 35.1 Å². The highest BCUT2D eigenvalue weighted by molar-refractivity contribution is 5.92. The van der Waals surface area contributed by atoms with Gasteiger partial charge in [0.1, 0.15) is 0 Å². The van der Waals surface area contributed by atoms with Crippen LogP contribution in [0.4, 0.5) is 5.69 Å². The molecule has 0 aromatic heterocycles. The molecule has 2 aliphatic rings. The second-order valence-electron chi connectivity index (χ2n) is 11.8. The molecular weight excluding hydrogens is 626 g/mol. The quantitative estimate of drug-likeness (QED) is 0.122. The number of anilines is 1. The van der Waals surface area contributed by atoms with Gasteiger partial charge >= 0.3 is 0 Å². The fraction of sp³-hybridized carbons (Fsp3) is 0.474. The van der Waals surface area contributed by atoms with Gasteiger partial charge < -0.3 is 31.4 Å². The van der Waals surface area contributed by atoms with Crippen LogP contribution in [0.5, 0.6) is 11.5 Å². The highest BCUT2D eigenvalue weighted by Crippen LogP contribution is 2.30. The van der Waals surface area contributed by atoms with Gasteiger partial charge in [0.05, 0.1) is 32.8 Å². The van der Waals surface area contributed by atoms with Gasteiger partial charge in [0.15, 0.2) is 17.7 Å². The van der Waals surface area contributed by atoms with E-state index in [0.29, 0.717) is 25.3 Å². The molecule has 0 fully saturated rings. The summed E-state index contributed by atoms with van der Waals surface area (Å²) in [7, 11) is 1.66. The van der Waals surface area contributed by atoms with Gasteiger partial charge in [0.2, 0.25) is 17.4 Å². The zero-order chi connectivity index (χ0) is 31.0. The molecule has 0 N–H and O–H groups in total.